The Morgan fingerprint density at radius 2 is 1.67 bits per heavy atom. The van der Waals surface area contributed by atoms with Crippen LogP contribution in [0.15, 0.2) is 42.5 Å². The van der Waals surface area contributed by atoms with Crippen molar-refractivity contribution in [3.63, 3.8) is 0 Å². The predicted octanol–water partition coefficient (Wildman–Crippen LogP) is 6.97. The number of ether oxygens (including phenoxy) is 4. The van der Waals surface area contributed by atoms with Gasteiger partial charge in [-0.15, -0.1) is 0 Å². The van der Waals surface area contributed by atoms with E-state index in [1.165, 1.54) is 0 Å². The van der Waals surface area contributed by atoms with E-state index in [0.29, 0.717) is 62.8 Å². The highest BCUT2D eigenvalue weighted by Crippen LogP contribution is 2.56. The molecule has 2 fully saturated rings. The van der Waals surface area contributed by atoms with E-state index in [4.69, 9.17) is 18.9 Å². The van der Waals surface area contributed by atoms with Crippen LogP contribution in [-0.2, 0) is 11.3 Å². The molecule has 13 nitrogen and oxygen atoms in total. The first-order valence-corrected chi connectivity index (χ1v) is 18.4. The Kier molecular flexibility index (Phi) is 10.1. The monoisotopic (exact) mass is 753 g/mol. The lowest BCUT2D eigenvalue weighted by Gasteiger charge is -2.42. The van der Waals surface area contributed by atoms with Gasteiger partial charge in [0.25, 0.3) is 5.91 Å². The molecule has 2 aromatic carbocycles. The molecule has 0 saturated carbocycles. The van der Waals surface area contributed by atoms with Crippen molar-refractivity contribution in [1.29, 1.82) is 0 Å². The van der Waals surface area contributed by atoms with E-state index >= 15 is 0 Å². The number of nitrogens with one attached hydrogen (secondary N) is 2. The number of fused-ring (bicyclic) bond motifs is 10. The quantitative estimate of drug-likeness (QED) is 0.280. The third-order valence-electron chi connectivity index (χ3n) is 10.5. The number of benzene rings is 2. The van der Waals surface area contributed by atoms with Crippen molar-refractivity contribution in [2.45, 2.75) is 77.6 Å². The second-order valence-electron chi connectivity index (χ2n) is 15.7. The van der Waals surface area contributed by atoms with E-state index in [1.54, 1.807) is 23.1 Å². The fourth-order valence-corrected chi connectivity index (χ4v) is 7.91. The van der Waals surface area contributed by atoms with Crippen molar-refractivity contribution >= 4 is 29.6 Å². The van der Waals surface area contributed by atoms with Crippen molar-refractivity contribution in [3.05, 3.63) is 53.6 Å². The summed E-state index contributed by atoms with van der Waals surface area (Å²) in [5.41, 5.74) is 0.226. The fourth-order valence-electron chi connectivity index (χ4n) is 7.91. The standard InChI is InChI=1S/C38H46F3N7O6/c1-35(2,3)54-34(50)47-16-15-36(20-47)21-48-22-37(36)14-6-4-5-7-17-51-27-11-8-25(9-12-27)19-42-31-44-32(46-33(45-31)53-24-38(39,40)41)43-26-10-13-28(30(48)49)29(18-26)52-23-37/h8-13,18H,4-7,14-17,19-24H2,1-3H3,(H2,42,43,44,45,46). The first kappa shape index (κ1) is 37.3. The predicted molar refractivity (Wildman–Crippen MR) is 192 cm³/mol. The summed E-state index contributed by atoms with van der Waals surface area (Å²) in [7, 11) is 0. The first-order chi connectivity index (χ1) is 25.7. The number of rotatable bonds is 2. The molecule has 6 heterocycles. The minimum absolute atomic E-state index is 0.00493. The van der Waals surface area contributed by atoms with Gasteiger partial charge >= 0.3 is 18.3 Å². The number of hydrogen-bond acceptors (Lipinski definition) is 11. The second kappa shape index (κ2) is 14.7. The number of likely N-dealkylation sites (tertiary alicyclic amines) is 1. The molecule has 0 radical (unpaired) electrons. The summed E-state index contributed by atoms with van der Waals surface area (Å²) < 4.78 is 62.5. The molecule has 2 unspecified atom stereocenters. The SMILES string of the molecule is CC(C)(C)OC(=O)N1CCC2(C1)CN1CC23CCCCCCOc2ccc(cc2)CNc2nc(nc(OCC(F)(F)F)n2)Nc2ccc(c(c2)OC3)C1=O. The molecule has 5 aliphatic rings. The van der Waals surface area contributed by atoms with Crippen LogP contribution in [0, 0.1) is 10.8 Å². The molecule has 8 bridgehead atoms. The molecule has 0 aliphatic carbocycles. The van der Waals surface area contributed by atoms with E-state index in [1.807, 2.05) is 49.9 Å². The van der Waals surface area contributed by atoms with Crippen molar-refractivity contribution in [1.82, 2.24) is 24.8 Å². The first-order valence-electron chi connectivity index (χ1n) is 18.4. The van der Waals surface area contributed by atoms with Gasteiger partial charge in [-0.1, -0.05) is 31.4 Å². The van der Waals surface area contributed by atoms with Crippen molar-refractivity contribution < 1.29 is 41.7 Å². The second-order valence-corrected chi connectivity index (χ2v) is 15.7. The van der Waals surface area contributed by atoms with Crippen molar-refractivity contribution in [3.8, 4) is 17.5 Å². The number of aromatic nitrogens is 3. The van der Waals surface area contributed by atoms with Gasteiger partial charge in [-0.25, -0.2) is 4.79 Å². The zero-order valence-corrected chi connectivity index (χ0v) is 30.8. The van der Waals surface area contributed by atoms with Gasteiger partial charge in [-0.2, -0.15) is 28.1 Å². The summed E-state index contributed by atoms with van der Waals surface area (Å²) in [6.07, 6.45) is 0.281. The number of amides is 2. The van der Waals surface area contributed by atoms with Gasteiger partial charge < -0.3 is 39.4 Å². The number of halogens is 3. The highest BCUT2D eigenvalue weighted by atomic mass is 19.4. The molecule has 8 rings (SSSR count). The molecule has 54 heavy (non-hydrogen) atoms. The Balaban J connectivity index is 1.21. The normalized spacial score (nSPS) is 23.3. The lowest BCUT2D eigenvalue weighted by atomic mass is 9.63. The van der Waals surface area contributed by atoms with E-state index in [9.17, 15) is 22.8 Å². The third-order valence-corrected chi connectivity index (χ3v) is 10.5. The van der Waals surface area contributed by atoms with Crippen LogP contribution in [-0.4, -0.2) is 94.5 Å². The molecular weight excluding hydrogens is 707 g/mol. The number of alkyl halides is 3. The maximum Gasteiger partial charge on any atom is 0.422 e. The number of carbonyl (C=O) groups excluding carboxylic acids is 2. The lowest BCUT2D eigenvalue weighted by molar-refractivity contribution is -0.154. The lowest BCUT2D eigenvalue weighted by Crippen LogP contribution is -2.48. The Hall–Kier alpha value is -5.02. The van der Waals surface area contributed by atoms with Gasteiger partial charge in [0, 0.05) is 55.3 Å². The molecule has 1 aromatic heterocycles. The minimum Gasteiger partial charge on any atom is -0.494 e. The molecular formula is C38H46F3N7O6. The Bertz CT molecular complexity index is 1860. The van der Waals surface area contributed by atoms with Crippen LogP contribution in [0.1, 0.15) is 75.2 Å². The van der Waals surface area contributed by atoms with Gasteiger partial charge in [0.1, 0.15) is 17.1 Å². The Morgan fingerprint density at radius 3 is 2.44 bits per heavy atom. The summed E-state index contributed by atoms with van der Waals surface area (Å²) in [5, 5.41) is 6.07. The Labute approximate surface area is 311 Å². The number of nitrogens with zero attached hydrogens (tertiary/aromatic N) is 5. The average Bonchev–Trinajstić information content (AvgIpc) is 3.69. The van der Waals surface area contributed by atoms with E-state index < -0.39 is 35.2 Å². The molecule has 2 amide bonds. The largest absolute Gasteiger partial charge is 0.494 e. The molecule has 290 valence electrons. The van der Waals surface area contributed by atoms with Crippen molar-refractivity contribution in [2.75, 3.05) is 56.6 Å². The zero-order valence-electron chi connectivity index (χ0n) is 30.8. The number of hydrogen-bond donors (Lipinski definition) is 2. The number of carbonyl (C=O) groups is 2. The summed E-state index contributed by atoms with van der Waals surface area (Å²) in [4.78, 5) is 43.7. The van der Waals surface area contributed by atoms with Crippen LogP contribution in [0.3, 0.4) is 0 Å². The van der Waals surface area contributed by atoms with E-state index in [-0.39, 0.29) is 30.4 Å². The van der Waals surface area contributed by atoms with Crippen molar-refractivity contribution in [2.24, 2.45) is 10.8 Å². The van der Waals surface area contributed by atoms with Gasteiger partial charge in [0.05, 0.1) is 18.8 Å². The van der Waals surface area contributed by atoms with E-state index in [0.717, 1.165) is 43.4 Å². The summed E-state index contributed by atoms with van der Waals surface area (Å²) in [6.45, 7) is 7.09. The highest BCUT2D eigenvalue weighted by molar-refractivity contribution is 5.98. The van der Waals surface area contributed by atoms with Crippen LogP contribution >= 0.6 is 0 Å². The van der Waals surface area contributed by atoms with Crippen LogP contribution in [0.2, 0.25) is 0 Å². The summed E-state index contributed by atoms with van der Waals surface area (Å²) in [6, 6.07) is 12.0. The minimum atomic E-state index is -4.60. The zero-order chi connectivity index (χ0) is 38.1. The van der Waals surface area contributed by atoms with Gasteiger partial charge in [0.2, 0.25) is 11.9 Å². The third kappa shape index (κ3) is 8.36. The van der Waals surface area contributed by atoms with Crippen LogP contribution in [0.5, 0.6) is 17.5 Å². The fraction of sp³-hybridized carbons (Fsp3) is 0.553. The van der Waals surface area contributed by atoms with Crippen LogP contribution < -0.4 is 24.8 Å². The summed E-state index contributed by atoms with van der Waals surface area (Å²) in [5.74, 6) is 0.841. The van der Waals surface area contributed by atoms with Crippen LogP contribution in [0.25, 0.3) is 0 Å². The highest BCUT2D eigenvalue weighted by Gasteiger charge is 2.62. The van der Waals surface area contributed by atoms with Gasteiger partial charge in [-0.05, 0) is 69.9 Å². The molecule has 5 aliphatic heterocycles. The summed E-state index contributed by atoms with van der Waals surface area (Å²) >= 11 is 0. The maximum atomic E-state index is 14.2. The maximum absolute atomic E-state index is 14.2. The van der Waals surface area contributed by atoms with Crippen LogP contribution in [0.4, 0.5) is 35.5 Å². The molecule has 2 spiro atoms. The average molecular weight is 754 g/mol. The molecule has 2 saturated heterocycles. The van der Waals surface area contributed by atoms with E-state index in [2.05, 4.69) is 25.6 Å². The molecule has 2 atom stereocenters. The smallest absolute Gasteiger partial charge is 0.422 e. The van der Waals surface area contributed by atoms with Gasteiger partial charge in [-0.3, -0.25) is 4.79 Å². The topological polar surface area (TPSA) is 140 Å². The molecule has 2 N–H and O–H groups in total. The molecule has 3 aromatic rings. The Morgan fingerprint density at radius 1 is 0.907 bits per heavy atom. The molecule has 16 heteroatoms. The number of anilines is 3. The van der Waals surface area contributed by atoms with Gasteiger partial charge in [0.15, 0.2) is 6.61 Å².